The molecule has 0 saturated carbocycles. The first-order chi connectivity index (χ1) is 9.74. The molecule has 1 aromatic carbocycles. The highest BCUT2D eigenvalue weighted by atomic mass is 32.1. The molecule has 3 nitrogen and oxygen atoms in total. The normalized spacial score (nSPS) is 16.4. The molecule has 0 spiro atoms. The standard InChI is InChI=1S/C16H21N3S/c1-12-9-14(19-7-3-4-8-19)5-6-15(12)18-13(2)16-10-20-11-17-16/h5-6,9-11,13,18H,3-4,7-8H2,1-2H3. The highest BCUT2D eigenvalue weighted by molar-refractivity contribution is 7.07. The fraction of sp³-hybridized carbons (Fsp3) is 0.438. The molecule has 1 aromatic heterocycles. The van der Waals surface area contributed by atoms with Gasteiger partial charge >= 0.3 is 0 Å². The molecule has 1 aliphatic heterocycles. The second-order valence-electron chi connectivity index (χ2n) is 5.47. The summed E-state index contributed by atoms with van der Waals surface area (Å²) < 4.78 is 0. The van der Waals surface area contributed by atoms with Crippen molar-refractivity contribution >= 4 is 22.7 Å². The Kier molecular flexibility index (Phi) is 3.92. The Labute approximate surface area is 124 Å². The average molecular weight is 287 g/mol. The molecule has 2 aromatic rings. The van der Waals surface area contributed by atoms with E-state index in [1.54, 1.807) is 11.3 Å². The Hall–Kier alpha value is -1.55. The third-order valence-electron chi connectivity index (χ3n) is 3.95. The molecule has 1 fully saturated rings. The van der Waals surface area contributed by atoms with Gasteiger partial charge in [0.05, 0.1) is 17.2 Å². The van der Waals surface area contributed by atoms with Crippen LogP contribution in [-0.2, 0) is 0 Å². The summed E-state index contributed by atoms with van der Waals surface area (Å²) in [4.78, 5) is 6.84. The minimum absolute atomic E-state index is 0.248. The summed E-state index contributed by atoms with van der Waals surface area (Å²) in [6, 6.07) is 6.97. The molecular weight excluding hydrogens is 266 g/mol. The first kappa shape index (κ1) is 13.4. The fourth-order valence-electron chi connectivity index (χ4n) is 2.72. The van der Waals surface area contributed by atoms with E-state index in [1.165, 1.54) is 42.9 Å². The number of aromatic nitrogens is 1. The lowest BCUT2D eigenvalue weighted by molar-refractivity contribution is 0.848. The lowest BCUT2D eigenvalue weighted by Gasteiger charge is -2.21. The maximum atomic E-state index is 4.37. The predicted octanol–water partition coefficient (Wildman–Crippen LogP) is 4.22. The Morgan fingerprint density at radius 2 is 2.10 bits per heavy atom. The molecule has 1 N–H and O–H groups in total. The van der Waals surface area contributed by atoms with Crippen LogP contribution in [0.2, 0.25) is 0 Å². The van der Waals surface area contributed by atoms with Crippen LogP contribution in [0.1, 0.15) is 37.1 Å². The minimum atomic E-state index is 0.248. The van der Waals surface area contributed by atoms with Gasteiger partial charge in [0, 0.05) is 29.8 Å². The van der Waals surface area contributed by atoms with Crippen LogP contribution in [0.5, 0.6) is 0 Å². The van der Waals surface area contributed by atoms with E-state index < -0.39 is 0 Å². The van der Waals surface area contributed by atoms with E-state index in [2.05, 4.69) is 52.6 Å². The quantitative estimate of drug-likeness (QED) is 0.912. The minimum Gasteiger partial charge on any atom is -0.377 e. The molecule has 1 atom stereocenters. The number of hydrogen-bond acceptors (Lipinski definition) is 4. The summed E-state index contributed by atoms with van der Waals surface area (Å²) in [5.74, 6) is 0. The van der Waals surface area contributed by atoms with Crippen molar-refractivity contribution in [2.24, 2.45) is 0 Å². The molecule has 20 heavy (non-hydrogen) atoms. The van der Waals surface area contributed by atoms with Crippen molar-refractivity contribution in [3.05, 3.63) is 40.3 Å². The monoisotopic (exact) mass is 287 g/mol. The van der Waals surface area contributed by atoms with Gasteiger partial charge in [-0.1, -0.05) is 0 Å². The molecule has 0 bridgehead atoms. The molecule has 3 rings (SSSR count). The van der Waals surface area contributed by atoms with Gasteiger partial charge in [-0.05, 0) is 50.5 Å². The smallest absolute Gasteiger partial charge is 0.0795 e. The number of nitrogens with zero attached hydrogens (tertiary/aromatic N) is 2. The lowest BCUT2D eigenvalue weighted by Crippen LogP contribution is -2.17. The number of rotatable bonds is 4. The zero-order valence-corrected chi connectivity index (χ0v) is 12.9. The first-order valence-electron chi connectivity index (χ1n) is 7.24. The second-order valence-corrected chi connectivity index (χ2v) is 6.19. The highest BCUT2D eigenvalue weighted by Crippen LogP contribution is 2.27. The molecule has 1 unspecified atom stereocenters. The van der Waals surface area contributed by atoms with Crippen LogP contribution in [0.3, 0.4) is 0 Å². The van der Waals surface area contributed by atoms with Crippen LogP contribution in [0.4, 0.5) is 11.4 Å². The summed E-state index contributed by atoms with van der Waals surface area (Å²) >= 11 is 1.64. The fourth-order valence-corrected chi connectivity index (χ4v) is 3.37. The Bertz CT molecular complexity index is 559. The number of nitrogens with one attached hydrogen (secondary N) is 1. The van der Waals surface area contributed by atoms with Crippen LogP contribution < -0.4 is 10.2 Å². The van der Waals surface area contributed by atoms with Gasteiger partial charge in [0.25, 0.3) is 0 Å². The molecule has 0 radical (unpaired) electrons. The number of benzene rings is 1. The van der Waals surface area contributed by atoms with Gasteiger partial charge in [-0.25, -0.2) is 4.98 Å². The Morgan fingerprint density at radius 3 is 2.75 bits per heavy atom. The zero-order valence-electron chi connectivity index (χ0n) is 12.1. The zero-order chi connectivity index (χ0) is 13.9. The molecule has 4 heteroatoms. The van der Waals surface area contributed by atoms with E-state index in [-0.39, 0.29) is 6.04 Å². The van der Waals surface area contributed by atoms with Crippen molar-refractivity contribution in [1.29, 1.82) is 0 Å². The lowest BCUT2D eigenvalue weighted by atomic mass is 10.1. The summed E-state index contributed by atoms with van der Waals surface area (Å²) in [7, 11) is 0. The van der Waals surface area contributed by atoms with Crippen molar-refractivity contribution in [2.45, 2.75) is 32.7 Å². The molecular formula is C16H21N3S. The van der Waals surface area contributed by atoms with Gasteiger partial charge in [-0.3, -0.25) is 0 Å². The van der Waals surface area contributed by atoms with E-state index in [9.17, 15) is 0 Å². The molecule has 0 aliphatic carbocycles. The third kappa shape index (κ3) is 2.80. The summed E-state index contributed by atoms with van der Waals surface area (Å²) in [5, 5.41) is 5.66. The molecule has 0 amide bonds. The van der Waals surface area contributed by atoms with Crippen molar-refractivity contribution < 1.29 is 0 Å². The largest absolute Gasteiger partial charge is 0.377 e. The SMILES string of the molecule is Cc1cc(N2CCCC2)ccc1NC(C)c1cscn1. The number of thiazole rings is 1. The predicted molar refractivity (Wildman–Crippen MR) is 86.8 cm³/mol. The van der Waals surface area contributed by atoms with Crippen LogP contribution in [0.25, 0.3) is 0 Å². The second kappa shape index (κ2) is 5.83. The van der Waals surface area contributed by atoms with E-state index >= 15 is 0 Å². The highest BCUT2D eigenvalue weighted by Gasteiger charge is 2.14. The Morgan fingerprint density at radius 1 is 1.30 bits per heavy atom. The van der Waals surface area contributed by atoms with E-state index in [4.69, 9.17) is 0 Å². The van der Waals surface area contributed by atoms with E-state index in [1.807, 2.05) is 5.51 Å². The molecule has 106 valence electrons. The van der Waals surface area contributed by atoms with E-state index in [0.29, 0.717) is 0 Å². The van der Waals surface area contributed by atoms with Crippen LogP contribution >= 0.6 is 11.3 Å². The van der Waals surface area contributed by atoms with Crippen LogP contribution in [0, 0.1) is 6.92 Å². The van der Waals surface area contributed by atoms with Gasteiger partial charge < -0.3 is 10.2 Å². The molecule has 1 aliphatic rings. The summed E-state index contributed by atoms with van der Waals surface area (Å²) in [5.41, 5.74) is 6.85. The number of hydrogen-bond donors (Lipinski definition) is 1. The maximum Gasteiger partial charge on any atom is 0.0795 e. The topological polar surface area (TPSA) is 28.2 Å². The van der Waals surface area contributed by atoms with E-state index in [0.717, 1.165) is 5.69 Å². The third-order valence-corrected chi connectivity index (χ3v) is 4.55. The van der Waals surface area contributed by atoms with Gasteiger partial charge in [-0.2, -0.15) is 0 Å². The number of anilines is 2. The number of aryl methyl sites for hydroxylation is 1. The maximum absolute atomic E-state index is 4.37. The van der Waals surface area contributed by atoms with Crippen molar-refractivity contribution in [3.8, 4) is 0 Å². The molecule has 1 saturated heterocycles. The van der Waals surface area contributed by atoms with Crippen LogP contribution in [-0.4, -0.2) is 18.1 Å². The molecule has 2 heterocycles. The average Bonchev–Trinajstić information content (AvgIpc) is 3.14. The first-order valence-corrected chi connectivity index (χ1v) is 8.18. The van der Waals surface area contributed by atoms with Gasteiger partial charge in [0.2, 0.25) is 0 Å². The summed E-state index contributed by atoms with van der Waals surface area (Å²) in [6.07, 6.45) is 2.64. The van der Waals surface area contributed by atoms with Crippen LogP contribution in [0.15, 0.2) is 29.1 Å². The van der Waals surface area contributed by atoms with Gasteiger partial charge in [-0.15, -0.1) is 11.3 Å². The Balaban J connectivity index is 1.74. The van der Waals surface area contributed by atoms with Gasteiger partial charge in [0.15, 0.2) is 0 Å². The van der Waals surface area contributed by atoms with Crippen molar-refractivity contribution in [3.63, 3.8) is 0 Å². The van der Waals surface area contributed by atoms with Crippen molar-refractivity contribution in [2.75, 3.05) is 23.3 Å². The summed E-state index contributed by atoms with van der Waals surface area (Å²) in [6.45, 7) is 6.72. The van der Waals surface area contributed by atoms with Crippen molar-refractivity contribution in [1.82, 2.24) is 4.98 Å². The van der Waals surface area contributed by atoms with Gasteiger partial charge in [0.1, 0.15) is 0 Å².